The van der Waals surface area contributed by atoms with E-state index >= 15 is 0 Å². The first-order valence-electron chi connectivity index (χ1n) is 7.26. The second-order valence-corrected chi connectivity index (χ2v) is 6.50. The molecule has 1 aromatic rings. The second-order valence-electron chi connectivity index (χ2n) is 6.50. The number of hydrogen-bond acceptors (Lipinski definition) is 3. The number of rotatable bonds is 2. The van der Waals surface area contributed by atoms with Crippen molar-refractivity contribution in [3.05, 3.63) is 29.3 Å². The number of anilines is 1. The molecule has 1 aliphatic rings. The van der Waals surface area contributed by atoms with Crippen LogP contribution in [0.1, 0.15) is 51.2 Å². The number of hydrogen-bond donors (Lipinski definition) is 0. The van der Waals surface area contributed by atoms with E-state index in [9.17, 15) is 4.79 Å². The minimum atomic E-state index is -0.276. The Kier molecular flexibility index (Phi) is 3.81. The minimum Gasteiger partial charge on any atom is -0.467 e. The van der Waals surface area contributed by atoms with E-state index in [0.29, 0.717) is 5.92 Å². The lowest BCUT2D eigenvalue weighted by molar-refractivity contribution is -0.142. The number of methoxy groups -OCH3 is 1. The van der Waals surface area contributed by atoms with Crippen molar-refractivity contribution < 1.29 is 9.53 Å². The number of carbonyl (C=O) groups is 1. The number of ether oxygens (including phenoxy) is 1. The van der Waals surface area contributed by atoms with Crippen LogP contribution in [0.2, 0.25) is 0 Å². The van der Waals surface area contributed by atoms with Crippen LogP contribution in [0.3, 0.4) is 0 Å². The van der Waals surface area contributed by atoms with Gasteiger partial charge in [-0.1, -0.05) is 25.1 Å². The molecule has 3 heteroatoms. The molecule has 0 saturated carbocycles. The summed E-state index contributed by atoms with van der Waals surface area (Å²) in [4.78, 5) is 14.3. The summed E-state index contributed by atoms with van der Waals surface area (Å²) >= 11 is 0. The topological polar surface area (TPSA) is 29.5 Å². The quantitative estimate of drug-likeness (QED) is 0.772. The van der Waals surface area contributed by atoms with Gasteiger partial charge in [0.2, 0.25) is 0 Å². The maximum atomic E-state index is 12.0. The third-order valence-electron chi connectivity index (χ3n) is 4.43. The van der Waals surface area contributed by atoms with Gasteiger partial charge in [-0.3, -0.25) is 0 Å². The first-order valence-corrected chi connectivity index (χ1v) is 7.26. The van der Waals surface area contributed by atoms with E-state index in [1.807, 2.05) is 6.92 Å². The predicted molar refractivity (Wildman–Crippen MR) is 82.2 cm³/mol. The lowest BCUT2D eigenvalue weighted by atomic mass is 9.78. The fraction of sp³-hybridized carbons (Fsp3) is 0.588. The van der Waals surface area contributed by atoms with E-state index in [4.69, 9.17) is 4.74 Å². The van der Waals surface area contributed by atoms with E-state index in [2.05, 4.69) is 50.8 Å². The highest BCUT2D eigenvalue weighted by Crippen LogP contribution is 2.45. The molecule has 0 radical (unpaired) electrons. The molecule has 3 nitrogen and oxygen atoms in total. The van der Waals surface area contributed by atoms with Gasteiger partial charge >= 0.3 is 5.97 Å². The molecule has 2 atom stereocenters. The Morgan fingerprint density at radius 1 is 1.45 bits per heavy atom. The molecule has 0 saturated heterocycles. The van der Waals surface area contributed by atoms with Crippen molar-refractivity contribution >= 4 is 11.7 Å². The Hall–Kier alpha value is -1.51. The minimum absolute atomic E-state index is 0.0634. The predicted octanol–water partition coefficient (Wildman–Crippen LogP) is 3.65. The van der Waals surface area contributed by atoms with Crippen molar-refractivity contribution in [2.24, 2.45) is 0 Å². The molecule has 1 aliphatic heterocycles. The van der Waals surface area contributed by atoms with E-state index in [0.717, 1.165) is 6.42 Å². The Balaban J connectivity index is 2.59. The number of benzene rings is 1. The molecule has 0 amide bonds. The number of esters is 1. The zero-order chi connectivity index (χ0) is 15.1. The SMILES string of the molecule is COC(=O)[C@H](C)N1c2c(C)cccc2[C@H](C)CC1(C)C. The van der Waals surface area contributed by atoms with Crippen molar-refractivity contribution in [3.63, 3.8) is 0 Å². The highest BCUT2D eigenvalue weighted by atomic mass is 16.5. The highest BCUT2D eigenvalue weighted by Gasteiger charge is 2.41. The Bertz CT molecular complexity index is 522. The fourth-order valence-electron chi connectivity index (χ4n) is 3.66. The van der Waals surface area contributed by atoms with Gasteiger partial charge in [0.25, 0.3) is 0 Å². The second kappa shape index (κ2) is 5.12. The zero-order valence-electron chi connectivity index (χ0n) is 13.4. The number of fused-ring (bicyclic) bond motifs is 1. The van der Waals surface area contributed by atoms with Crippen molar-refractivity contribution in [3.8, 4) is 0 Å². The van der Waals surface area contributed by atoms with Crippen molar-refractivity contribution in [1.29, 1.82) is 0 Å². The number of aryl methyl sites for hydroxylation is 1. The van der Waals surface area contributed by atoms with E-state index in [1.165, 1.54) is 23.9 Å². The third-order valence-corrected chi connectivity index (χ3v) is 4.43. The molecule has 1 aromatic carbocycles. The van der Waals surface area contributed by atoms with Crippen LogP contribution in [-0.2, 0) is 9.53 Å². The summed E-state index contributed by atoms with van der Waals surface area (Å²) in [6, 6.07) is 6.12. The van der Waals surface area contributed by atoms with Gasteiger partial charge in [-0.15, -0.1) is 0 Å². The first kappa shape index (κ1) is 14.9. The van der Waals surface area contributed by atoms with Crippen LogP contribution in [0.25, 0.3) is 0 Å². The van der Waals surface area contributed by atoms with Gasteiger partial charge in [0.15, 0.2) is 0 Å². The monoisotopic (exact) mass is 275 g/mol. The number of carbonyl (C=O) groups excluding carboxylic acids is 1. The summed E-state index contributed by atoms with van der Waals surface area (Å²) in [6.07, 6.45) is 1.03. The standard InChI is InChI=1S/C17H25NO2/c1-11-8-7-9-14-12(2)10-17(4,5)18(15(11)14)13(3)16(19)20-6/h7-9,12-13H,10H2,1-6H3/t12-,13+/m1/s1. The van der Waals surface area contributed by atoms with Crippen LogP contribution in [0.4, 0.5) is 5.69 Å². The van der Waals surface area contributed by atoms with Crippen molar-refractivity contribution in [2.75, 3.05) is 12.0 Å². The molecular formula is C17H25NO2. The summed E-state index contributed by atoms with van der Waals surface area (Å²) in [5.74, 6) is 0.322. The summed E-state index contributed by atoms with van der Waals surface area (Å²) in [5, 5.41) is 0. The van der Waals surface area contributed by atoms with Gasteiger partial charge in [-0.2, -0.15) is 0 Å². The molecule has 2 rings (SSSR count). The summed E-state index contributed by atoms with van der Waals surface area (Å²) < 4.78 is 4.96. The smallest absolute Gasteiger partial charge is 0.328 e. The first-order chi connectivity index (χ1) is 9.29. The van der Waals surface area contributed by atoms with Gasteiger partial charge in [-0.25, -0.2) is 4.79 Å². The van der Waals surface area contributed by atoms with Crippen LogP contribution in [-0.4, -0.2) is 24.7 Å². The van der Waals surface area contributed by atoms with E-state index in [-0.39, 0.29) is 17.6 Å². The van der Waals surface area contributed by atoms with Crippen LogP contribution >= 0.6 is 0 Å². The Labute approximate surface area is 121 Å². The molecule has 0 spiro atoms. The molecule has 0 aliphatic carbocycles. The zero-order valence-corrected chi connectivity index (χ0v) is 13.4. The molecule has 20 heavy (non-hydrogen) atoms. The van der Waals surface area contributed by atoms with Crippen LogP contribution < -0.4 is 4.90 Å². The lowest BCUT2D eigenvalue weighted by Gasteiger charge is -2.50. The summed E-state index contributed by atoms with van der Waals surface area (Å²) in [7, 11) is 1.46. The maximum Gasteiger partial charge on any atom is 0.328 e. The molecule has 0 aromatic heterocycles. The molecular weight excluding hydrogens is 250 g/mol. The van der Waals surface area contributed by atoms with Crippen LogP contribution in [0, 0.1) is 6.92 Å². The fourth-order valence-corrected chi connectivity index (χ4v) is 3.66. The molecule has 0 bridgehead atoms. The summed E-state index contributed by atoms with van der Waals surface area (Å²) in [5.41, 5.74) is 3.69. The average Bonchev–Trinajstić information content (AvgIpc) is 2.37. The largest absolute Gasteiger partial charge is 0.467 e. The maximum absolute atomic E-state index is 12.0. The average molecular weight is 275 g/mol. The van der Waals surface area contributed by atoms with Gasteiger partial charge in [0.1, 0.15) is 6.04 Å². The van der Waals surface area contributed by atoms with Gasteiger partial charge in [0.05, 0.1) is 7.11 Å². The van der Waals surface area contributed by atoms with Crippen LogP contribution in [0.15, 0.2) is 18.2 Å². The lowest BCUT2D eigenvalue weighted by Crippen LogP contribution is -2.55. The summed E-state index contributed by atoms with van der Waals surface area (Å²) in [6.45, 7) is 10.7. The van der Waals surface area contributed by atoms with Crippen molar-refractivity contribution in [1.82, 2.24) is 0 Å². The van der Waals surface area contributed by atoms with Crippen molar-refractivity contribution in [2.45, 2.75) is 58.5 Å². The number of para-hydroxylation sites is 1. The van der Waals surface area contributed by atoms with Gasteiger partial charge in [-0.05, 0) is 51.2 Å². The number of nitrogens with zero attached hydrogens (tertiary/aromatic N) is 1. The van der Waals surface area contributed by atoms with Gasteiger partial charge in [0, 0.05) is 11.2 Å². The third kappa shape index (κ3) is 2.30. The highest BCUT2D eigenvalue weighted by molar-refractivity contribution is 5.82. The molecule has 110 valence electrons. The van der Waals surface area contributed by atoms with E-state index < -0.39 is 0 Å². The van der Waals surface area contributed by atoms with E-state index in [1.54, 1.807) is 0 Å². The Morgan fingerprint density at radius 2 is 2.10 bits per heavy atom. The molecule has 0 N–H and O–H groups in total. The van der Waals surface area contributed by atoms with Gasteiger partial charge < -0.3 is 9.64 Å². The molecule has 1 heterocycles. The Morgan fingerprint density at radius 3 is 2.70 bits per heavy atom. The van der Waals surface area contributed by atoms with Crippen LogP contribution in [0.5, 0.6) is 0 Å². The normalized spacial score (nSPS) is 22.1. The molecule has 0 fully saturated rings. The molecule has 0 unspecified atom stereocenters.